The van der Waals surface area contributed by atoms with Crippen molar-refractivity contribution in [3.8, 4) is 11.4 Å². The first-order valence-electron chi connectivity index (χ1n) is 10.5. The molecule has 0 aliphatic rings. The quantitative estimate of drug-likeness (QED) is 0.391. The van der Waals surface area contributed by atoms with Gasteiger partial charge in [0.25, 0.3) is 11.7 Å². The minimum Gasteiger partial charge on any atom is -0.382 e. The Bertz CT molecular complexity index is 1190. The molecule has 0 saturated carbocycles. The number of aryl methyl sites for hydroxylation is 1. The number of hydrogen-bond donors (Lipinski definition) is 2. The lowest BCUT2D eigenvalue weighted by Gasteiger charge is -2.10. The Morgan fingerprint density at radius 2 is 2.00 bits per heavy atom. The third kappa shape index (κ3) is 5.06. The van der Waals surface area contributed by atoms with Gasteiger partial charge in [0.05, 0.1) is 0 Å². The Labute approximate surface area is 185 Å². The maximum atomic E-state index is 12.3. The molecule has 0 aliphatic carbocycles. The standard InChI is InChI=1S/C23H25N7O2/c1-3-32-13-5-12-25-22(31)17-7-9-19(10-8-17)27-20-14-16(2)26-23-28-21(29-30(20)23)18-6-4-11-24-15-18/h4,6-11,14-15,27H,3,5,12-13H2,1-2H3,(H,25,31). The topological polar surface area (TPSA) is 106 Å². The zero-order valence-electron chi connectivity index (χ0n) is 18.1. The summed E-state index contributed by atoms with van der Waals surface area (Å²) in [5, 5.41) is 10.8. The van der Waals surface area contributed by atoms with Crippen molar-refractivity contribution in [2.45, 2.75) is 20.3 Å². The highest BCUT2D eigenvalue weighted by molar-refractivity contribution is 5.94. The van der Waals surface area contributed by atoms with Crippen molar-refractivity contribution in [1.29, 1.82) is 0 Å². The molecule has 0 unspecified atom stereocenters. The lowest BCUT2D eigenvalue weighted by Crippen LogP contribution is -2.25. The van der Waals surface area contributed by atoms with Gasteiger partial charge in [0, 0.05) is 60.7 Å². The van der Waals surface area contributed by atoms with Crippen LogP contribution in [0.15, 0.2) is 54.9 Å². The smallest absolute Gasteiger partial charge is 0.254 e. The number of carbonyl (C=O) groups excluding carboxylic acids is 1. The molecule has 2 N–H and O–H groups in total. The van der Waals surface area contributed by atoms with Gasteiger partial charge >= 0.3 is 0 Å². The molecular formula is C23H25N7O2. The normalized spacial score (nSPS) is 10.9. The van der Waals surface area contributed by atoms with Gasteiger partial charge in [-0.05, 0) is 56.7 Å². The Hall–Kier alpha value is -3.85. The first-order chi connectivity index (χ1) is 15.6. The summed E-state index contributed by atoms with van der Waals surface area (Å²) in [6.45, 7) is 5.77. The summed E-state index contributed by atoms with van der Waals surface area (Å²) in [5.74, 6) is 1.67. The average Bonchev–Trinajstić information content (AvgIpc) is 3.24. The van der Waals surface area contributed by atoms with Crippen LogP contribution in [0.2, 0.25) is 0 Å². The zero-order valence-corrected chi connectivity index (χ0v) is 18.1. The number of amides is 1. The van der Waals surface area contributed by atoms with Gasteiger partial charge in [0.15, 0.2) is 5.82 Å². The van der Waals surface area contributed by atoms with Crippen molar-refractivity contribution in [1.82, 2.24) is 29.9 Å². The molecule has 4 aromatic rings. The number of hydrogen-bond acceptors (Lipinski definition) is 7. The minimum absolute atomic E-state index is 0.104. The summed E-state index contributed by atoms with van der Waals surface area (Å²) in [6, 6.07) is 12.9. The molecule has 1 amide bonds. The van der Waals surface area contributed by atoms with Crippen molar-refractivity contribution in [3.05, 3.63) is 66.1 Å². The van der Waals surface area contributed by atoms with E-state index in [4.69, 9.17) is 4.74 Å². The summed E-state index contributed by atoms with van der Waals surface area (Å²) in [7, 11) is 0. The Morgan fingerprint density at radius 3 is 2.75 bits per heavy atom. The van der Waals surface area contributed by atoms with Crippen LogP contribution in [0.1, 0.15) is 29.4 Å². The van der Waals surface area contributed by atoms with E-state index < -0.39 is 0 Å². The third-order valence-corrected chi connectivity index (χ3v) is 4.73. The van der Waals surface area contributed by atoms with Crippen molar-refractivity contribution in [3.63, 3.8) is 0 Å². The predicted octanol–water partition coefficient (Wildman–Crippen LogP) is 3.39. The third-order valence-electron chi connectivity index (χ3n) is 4.73. The second-order valence-electron chi connectivity index (χ2n) is 7.18. The van der Waals surface area contributed by atoms with Gasteiger partial charge in [-0.25, -0.2) is 4.98 Å². The van der Waals surface area contributed by atoms with Gasteiger partial charge in [-0.2, -0.15) is 9.50 Å². The molecule has 0 aliphatic heterocycles. The van der Waals surface area contributed by atoms with Crippen LogP contribution in [0.5, 0.6) is 0 Å². The highest BCUT2D eigenvalue weighted by Gasteiger charge is 2.12. The van der Waals surface area contributed by atoms with Crippen molar-refractivity contribution in [2.24, 2.45) is 0 Å². The van der Waals surface area contributed by atoms with Crippen LogP contribution in [0.4, 0.5) is 11.5 Å². The molecule has 9 nitrogen and oxygen atoms in total. The monoisotopic (exact) mass is 431 g/mol. The highest BCUT2D eigenvalue weighted by atomic mass is 16.5. The second-order valence-corrected chi connectivity index (χ2v) is 7.18. The Balaban J connectivity index is 1.48. The van der Waals surface area contributed by atoms with E-state index in [9.17, 15) is 4.79 Å². The number of fused-ring (bicyclic) bond motifs is 1. The van der Waals surface area contributed by atoms with Gasteiger partial charge in [0.2, 0.25) is 0 Å². The largest absolute Gasteiger partial charge is 0.382 e. The van der Waals surface area contributed by atoms with Crippen molar-refractivity contribution < 1.29 is 9.53 Å². The van der Waals surface area contributed by atoms with E-state index in [-0.39, 0.29) is 5.91 Å². The van der Waals surface area contributed by atoms with Crippen LogP contribution in [-0.2, 0) is 4.74 Å². The number of carbonyl (C=O) groups is 1. The molecule has 32 heavy (non-hydrogen) atoms. The zero-order chi connectivity index (χ0) is 22.3. The van der Waals surface area contributed by atoms with E-state index in [2.05, 4.69) is 30.7 Å². The Morgan fingerprint density at radius 1 is 1.16 bits per heavy atom. The van der Waals surface area contributed by atoms with Crippen LogP contribution in [-0.4, -0.2) is 50.2 Å². The second kappa shape index (κ2) is 9.97. The average molecular weight is 432 g/mol. The molecule has 1 aromatic carbocycles. The lowest BCUT2D eigenvalue weighted by atomic mass is 10.2. The van der Waals surface area contributed by atoms with E-state index in [0.717, 1.165) is 29.2 Å². The van der Waals surface area contributed by atoms with Crippen LogP contribution >= 0.6 is 0 Å². The van der Waals surface area contributed by atoms with E-state index in [1.54, 1.807) is 29.0 Å². The van der Waals surface area contributed by atoms with Gasteiger partial charge in [0.1, 0.15) is 5.82 Å². The molecule has 3 aromatic heterocycles. The number of benzene rings is 1. The number of aromatic nitrogens is 5. The van der Waals surface area contributed by atoms with Crippen molar-refractivity contribution >= 4 is 23.2 Å². The molecular weight excluding hydrogens is 406 g/mol. The highest BCUT2D eigenvalue weighted by Crippen LogP contribution is 2.21. The number of nitrogens with one attached hydrogen (secondary N) is 2. The van der Waals surface area contributed by atoms with Crippen LogP contribution < -0.4 is 10.6 Å². The number of anilines is 2. The molecule has 0 spiro atoms. The minimum atomic E-state index is -0.104. The van der Waals surface area contributed by atoms with E-state index in [1.807, 2.05) is 44.2 Å². The summed E-state index contributed by atoms with van der Waals surface area (Å²) >= 11 is 0. The molecule has 0 fully saturated rings. The molecule has 0 atom stereocenters. The van der Waals surface area contributed by atoms with Crippen LogP contribution in [0, 0.1) is 6.92 Å². The van der Waals surface area contributed by atoms with E-state index in [0.29, 0.717) is 36.9 Å². The van der Waals surface area contributed by atoms with Gasteiger partial charge in [-0.15, -0.1) is 5.10 Å². The lowest BCUT2D eigenvalue weighted by molar-refractivity contribution is 0.0944. The van der Waals surface area contributed by atoms with Gasteiger partial charge in [-0.1, -0.05) is 0 Å². The molecule has 0 bridgehead atoms. The summed E-state index contributed by atoms with van der Waals surface area (Å²) in [6.07, 6.45) is 4.21. The number of nitrogens with zero attached hydrogens (tertiary/aromatic N) is 5. The fourth-order valence-corrected chi connectivity index (χ4v) is 3.17. The molecule has 3 heterocycles. The first kappa shape index (κ1) is 21.4. The number of rotatable bonds is 9. The fraction of sp³-hybridized carbons (Fsp3) is 0.261. The van der Waals surface area contributed by atoms with E-state index >= 15 is 0 Å². The number of ether oxygens (including phenoxy) is 1. The summed E-state index contributed by atoms with van der Waals surface area (Å²) in [4.78, 5) is 25.4. The van der Waals surface area contributed by atoms with Crippen LogP contribution in [0.25, 0.3) is 17.2 Å². The molecule has 164 valence electrons. The summed E-state index contributed by atoms with van der Waals surface area (Å²) in [5.41, 5.74) is 3.05. The summed E-state index contributed by atoms with van der Waals surface area (Å²) < 4.78 is 6.94. The molecule has 0 radical (unpaired) electrons. The predicted molar refractivity (Wildman–Crippen MR) is 122 cm³/mol. The SMILES string of the molecule is CCOCCCNC(=O)c1ccc(Nc2cc(C)nc3nc(-c4cccnc4)nn23)cc1. The Kier molecular flexibility index (Phi) is 6.66. The maximum Gasteiger partial charge on any atom is 0.254 e. The van der Waals surface area contributed by atoms with E-state index in [1.165, 1.54) is 0 Å². The first-order valence-corrected chi connectivity index (χ1v) is 10.5. The molecule has 9 heteroatoms. The van der Waals surface area contributed by atoms with Crippen molar-refractivity contribution in [2.75, 3.05) is 25.1 Å². The number of pyridine rings is 1. The molecule has 4 rings (SSSR count). The van der Waals surface area contributed by atoms with Gasteiger partial charge < -0.3 is 15.4 Å². The fourth-order valence-electron chi connectivity index (χ4n) is 3.17. The van der Waals surface area contributed by atoms with Gasteiger partial charge in [-0.3, -0.25) is 9.78 Å². The maximum absolute atomic E-state index is 12.3. The van der Waals surface area contributed by atoms with Crippen LogP contribution in [0.3, 0.4) is 0 Å². The molecule has 0 saturated heterocycles.